The molecule has 0 spiro atoms. The van der Waals surface area contributed by atoms with Crippen LogP contribution >= 0.6 is 0 Å². The van der Waals surface area contributed by atoms with E-state index in [0.717, 1.165) is 29.4 Å². The molecular formula is C17H15N3. The molecule has 3 heteroatoms. The van der Waals surface area contributed by atoms with Crippen LogP contribution in [0.15, 0.2) is 54.9 Å². The zero-order chi connectivity index (χ0) is 13.5. The summed E-state index contributed by atoms with van der Waals surface area (Å²) in [6.07, 6.45) is 4.76. The Bertz CT molecular complexity index is 795. The van der Waals surface area contributed by atoms with Gasteiger partial charge in [0.2, 0.25) is 0 Å². The van der Waals surface area contributed by atoms with Gasteiger partial charge in [0, 0.05) is 46.8 Å². The number of para-hydroxylation sites is 1. The van der Waals surface area contributed by atoms with E-state index in [-0.39, 0.29) is 0 Å². The van der Waals surface area contributed by atoms with Gasteiger partial charge in [0.1, 0.15) is 0 Å². The first-order chi connectivity index (χ1) is 9.84. The third kappa shape index (κ3) is 1.56. The van der Waals surface area contributed by atoms with Gasteiger partial charge in [-0.3, -0.25) is 4.98 Å². The quantitative estimate of drug-likeness (QED) is 0.682. The Morgan fingerprint density at radius 3 is 2.80 bits per heavy atom. The highest BCUT2D eigenvalue weighted by Crippen LogP contribution is 2.39. The minimum Gasteiger partial charge on any atom is -0.398 e. The normalized spacial score (nSPS) is 13.7. The minimum atomic E-state index is 0.782. The number of hydrogen-bond acceptors (Lipinski definition) is 3. The third-order valence-corrected chi connectivity index (χ3v) is 4.01. The second-order valence-corrected chi connectivity index (χ2v) is 5.13. The lowest BCUT2D eigenvalue weighted by atomic mass is 10.1. The SMILES string of the molecule is Nc1ccc(N2CCc3ccccc32)c2ccncc12. The fraction of sp³-hybridized carbons (Fsp3) is 0.118. The van der Waals surface area contributed by atoms with Crippen LogP contribution < -0.4 is 10.6 Å². The third-order valence-electron chi connectivity index (χ3n) is 4.01. The zero-order valence-electron chi connectivity index (χ0n) is 11.1. The Kier molecular flexibility index (Phi) is 2.39. The molecule has 0 amide bonds. The van der Waals surface area contributed by atoms with Crippen LogP contribution in [-0.2, 0) is 6.42 Å². The topological polar surface area (TPSA) is 42.1 Å². The number of pyridine rings is 1. The molecule has 2 heterocycles. The molecule has 0 unspecified atom stereocenters. The van der Waals surface area contributed by atoms with Gasteiger partial charge in [-0.25, -0.2) is 0 Å². The molecule has 0 bridgehead atoms. The lowest BCUT2D eigenvalue weighted by Gasteiger charge is -2.22. The van der Waals surface area contributed by atoms with Crippen molar-refractivity contribution in [3.63, 3.8) is 0 Å². The number of anilines is 3. The van der Waals surface area contributed by atoms with Crippen molar-refractivity contribution in [3.8, 4) is 0 Å². The second-order valence-electron chi connectivity index (χ2n) is 5.13. The van der Waals surface area contributed by atoms with Crippen LogP contribution in [0.2, 0.25) is 0 Å². The number of fused-ring (bicyclic) bond motifs is 2. The fourth-order valence-corrected chi connectivity index (χ4v) is 3.02. The molecule has 2 aromatic carbocycles. The molecule has 1 aromatic heterocycles. The smallest absolute Gasteiger partial charge is 0.0493 e. The van der Waals surface area contributed by atoms with Crippen LogP contribution in [-0.4, -0.2) is 11.5 Å². The van der Waals surface area contributed by atoms with Gasteiger partial charge in [-0.1, -0.05) is 18.2 Å². The van der Waals surface area contributed by atoms with Gasteiger partial charge in [0.25, 0.3) is 0 Å². The summed E-state index contributed by atoms with van der Waals surface area (Å²) >= 11 is 0. The molecule has 2 N–H and O–H groups in total. The van der Waals surface area contributed by atoms with Crippen molar-refractivity contribution in [1.82, 2.24) is 4.98 Å². The number of aromatic nitrogens is 1. The van der Waals surface area contributed by atoms with Crippen molar-refractivity contribution in [2.24, 2.45) is 0 Å². The predicted molar refractivity (Wildman–Crippen MR) is 83.3 cm³/mol. The highest BCUT2D eigenvalue weighted by Gasteiger charge is 2.21. The molecule has 0 saturated carbocycles. The minimum absolute atomic E-state index is 0.782. The molecule has 1 aliphatic heterocycles. The molecule has 0 radical (unpaired) electrons. The molecule has 4 rings (SSSR count). The molecule has 20 heavy (non-hydrogen) atoms. The Balaban J connectivity index is 1.95. The summed E-state index contributed by atoms with van der Waals surface area (Å²) in [4.78, 5) is 6.56. The highest BCUT2D eigenvalue weighted by molar-refractivity contribution is 6.02. The summed E-state index contributed by atoms with van der Waals surface area (Å²) in [6.45, 7) is 1.01. The summed E-state index contributed by atoms with van der Waals surface area (Å²) < 4.78 is 0. The van der Waals surface area contributed by atoms with Gasteiger partial charge in [-0.05, 0) is 36.2 Å². The van der Waals surface area contributed by atoms with E-state index in [1.54, 1.807) is 0 Å². The van der Waals surface area contributed by atoms with Gasteiger partial charge in [-0.2, -0.15) is 0 Å². The maximum Gasteiger partial charge on any atom is 0.0493 e. The second kappa shape index (κ2) is 4.23. The standard InChI is InChI=1S/C17H15N3/c18-15-5-6-17(13-7-9-19-11-14(13)15)20-10-8-12-3-1-2-4-16(12)20/h1-7,9,11H,8,10,18H2. The number of nitrogen functional groups attached to an aromatic ring is 1. The summed E-state index contributed by atoms with van der Waals surface area (Å²) in [7, 11) is 0. The average molecular weight is 261 g/mol. The molecule has 0 aliphatic carbocycles. The van der Waals surface area contributed by atoms with E-state index in [9.17, 15) is 0 Å². The van der Waals surface area contributed by atoms with Gasteiger partial charge < -0.3 is 10.6 Å². The Labute approximate surface area is 117 Å². The highest BCUT2D eigenvalue weighted by atomic mass is 15.2. The van der Waals surface area contributed by atoms with Crippen molar-refractivity contribution >= 4 is 27.8 Å². The monoisotopic (exact) mass is 261 g/mol. The molecule has 98 valence electrons. The summed E-state index contributed by atoms with van der Waals surface area (Å²) in [5.74, 6) is 0. The van der Waals surface area contributed by atoms with E-state index in [2.05, 4.69) is 40.2 Å². The maximum atomic E-state index is 6.06. The van der Waals surface area contributed by atoms with Gasteiger partial charge in [0.15, 0.2) is 0 Å². The van der Waals surface area contributed by atoms with Crippen molar-refractivity contribution in [2.45, 2.75) is 6.42 Å². The summed E-state index contributed by atoms with van der Waals surface area (Å²) in [6, 6.07) is 14.7. The summed E-state index contributed by atoms with van der Waals surface area (Å²) in [5.41, 5.74) is 10.8. The average Bonchev–Trinajstić information content (AvgIpc) is 2.92. The van der Waals surface area contributed by atoms with Crippen LogP contribution in [0.1, 0.15) is 5.56 Å². The van der Waals surface area contributed by atoms with Crippen molar-refractivity contribution < 1.29 is 0 Å². The lowest BCUT2D eigenvalue weighted by molar-refractivity contribution is 1.00. The van der Waals surface area contributed by atoms with E-state index >= 15 is 0 Å². The van der Waals surface area contributed by atoms with E-state index < -0.39 is 0 Å². The van der Waals surface area contributed by atoms with E-state index in [1.807, 2.05) is 24.5 Å². The fourth-order valence-electron chi connectivity index (χ4n) is 3.02. The first-order valence-electron chi connectivity index (χ1n) is 6.82. The van der Waals surface area contributed by atoms with Crippen LogP contribution in [0.4, 0.5) is 17.1 Å². The summed E-state index contributed by atoms with van der Waals surface area (Å²) in [5, 5.41) is 2.19. The van der Waals surface area contributed by atoms with E-state index in [4.69, 9.17) is 5.73 Å². The van der Waals surface area contributed by atoms with Crippen LogP contribution in [0.5, 0.6) is 0 Å². The van der Waals surface area contributed by atoms with Crippen LogP contribution in [0, 0.1) is 0 Å². The molecule has 1 aliphatic rings. The molecular weight excluding hydrogens is 246 g/mol. The lowest BCUT2D eigenvalue weighted by Crippen LogP contribution is -2.13. The number of rotatable bonds is 1. The van der Waals surface area contributed by atoms with Gasteiger partial charge >= 0.3 is 0 Å². The predicted octanol–water partition coefficient (Wildman–Crippen LogP) is 3.51. The van der Waals surface area contributed by atoms with Crippen LogP contribution in [0.3, 0.4) is 0 Å². The Morgan fingerprint density at radius 1 is 0.950 bits per heavy atom. The largest absolute Gasteiger partial charge is 0.398 e. The van der Waals surface area contributed by atoms with Crippen LogP contribution in [0.25, 0.3) is 10.8 Å². The molecule has 3 aromatic rings. The van der Waals surface area contributed by atoms with Crippen molar-refractivity contribution in [1.29, 1.82) is 0 Å². The number of nitrogens with two attached hydrogens (primary N) is 1. The Hall–Kier alpha value is -2.55. The van der Waals surface area contributed by atoms with Crippen molar-refractivity contribution in [2.75, 3.05) is 17.2 Å². The van der Waals surface area contributed by atoms with E-state index in [1.165, 1.54) is 16.9 Å². The first kappa shape index (κ1) is 11.3. The number of nitrogens with zero attached hydrogens (tertiary/aromatic N) is 2. The number of hydrogen-bond donors (Lipinski definition) is 1. The first-order valence-corrected chi connectivity index (χ1v) is 6.82. The van der Waals surface area contributed by atoms with Gasteiger partial charge in [-0.15, -0.1) is 0 Å². The Morgan fingerprint density at radius 2 is 1.85 bits per heavy atom. The van der Waals surface area contributed by atoms with Crippen molar-refractivity contribution in [3.05, 3.63) is 60.4 Å². The molecule has 0 fully saturated rings. The molecule has 0 atom stereocenters. The molecule has 0 saturated heterocycles. The molecule has 3 nitrogen and oxygen atoms in total. The van der Waals surface area contributed by atoms with E-state index in [0.29, 0.717) is 0 Å². The number of benzene rings is 2. The zero-order valence-corrected chi connectivity index (χ0v) is 11.1. The maximum absolute atomic E-state index is 6.06. The van der Waals surface area contributed by atoms with Gasteiger partial charge in [0.05, 0.1) is 0 Å².